The van der Waals surface area contributed by atoms with E-state index in [4.69, 9.17) is 0 Å². The molecule has 0 bridgehead atoms. The smallest absolute Gasteiger partial charge is 0.230 e. The van der Waals surface area contributed by atoms with Gasteiger partial charge in [-0.1, -0.05) is 19.1 Å². The molecule has 1 saturated heterocycles. The van der Waals surface area contributed by atoms with Gasteiger partial charge < -0.3 is 10.2 Å². The molecule has 0 spiro atoms. The molecule has 2 fully saturated rings. The van der Waals surface area contributed by atoms with E-state index in [9.17, 15) is 9.18 Å². The molecule has 2 aliphatic rings. The van der Waals surface area contributed by atoms with Crippen LogP contribution in [0.1, 0.15) is 31.7 Å². The average molecular weight is 290 g/mol. The zero-order valence-corrected chi connectivity index (χ0v) is 12.6. The number of nitrogens with zero attached hydrogens (tertiary/aromatic N) is 1. The first-order valence-corrected chi connectivity index (χ1v) is 7.91. The number of likely N-dealkylation sites (tertiary alicyclic amines) is 1. The zero-order valence-electron chi connectivity index (χ0n) is 12.6. The molecule has 0 aromatic heterocycles. The number of hydrogen-bond donors (Lipinski definition) is 1. The number of benzene rings is 1. The minimum Gasteiger partial charge on any atom is -0.355 e. The number of amides is 1. The van der Waals surface area contributed by atoms with Crippen molar-refractivity contribution in [3.8, 4) is 0 Å². The fourth-order valence-corrected chi connectivity index (χ4v) is 3.31. The van der Waals surface area contributed by atoms with Crippen LogP contribution in [0.15, 0.2) is 24.3 Å². The van der Waals surface area contributed by atoms with Crippen molar-refractivity contribution < 1.29 is 9.18 Å². The lowest BCUT2D eigenvalue weighted by Gasteiger charge is -2.18. The van der Waals surface area contributed by atoms with E-state index in [0.717, 1.165) is 51.0 Å². The molecule has 1 unspecified atom stereocenters. The molecule has 1 aromatic rings. The standard InChI is InChI=1S/C17H23FN2O/c1-2-20-10-7-13(12-20)11-19-16(21)17(8-9-17)14-3-5-15(18)6-4-14/h3-6,13H,2,7-12H2,1H3,(H,19,21). The molecular formula is C17H23FN2O. The third kappa shape index (κ3) is 2.95. The zero-order chi connectivity index (χ0) is 14.9. The highest BCUT2D eigenvalue weighted by Gasteiger charge is 2.51. The highest BCUT2D eigenvalue weighted by atomic mass is 19.1. The second kappa shape index (κ2) is 5.76. The quantitative estimate of drug-likeness (QED) is 0.902. The number of hydrogen-bond acceptors (Lipinski definition) is 2. The summed E-state index contributed by atoms with van der Waals surface area (Å²) >= 11 is 0. The van der Waals surface area contributed by atoms with E-state index >= 15 is 0 Å². The maximum absolute atomic E-state index is 13.0. The Bertz CT molecular complexity index is 510. The molecule has 1 aromatic carbocycles. The average Bonchev–Trinajstić information content (AvgIpc) is 3.18. The molecule has 3 rings (SSSR count). The molecule has 1 aliphatic carbocycles. The van der Waals surface area contributed by atoms with Crippen LogP contribution in [0.3, 0.4) is 0 Å². The highest BCUT2D eigenvalue weighted by molar-refractivity contribution is 5.91. The van der Waals surface area contributed by atoms with Crippen LogP contribution in [0.5, 0.6) is 0 Å². The lowest BCUT2D eigenvalue weighted by molar-refractivity contribution is -0.123. The predicted molar refractivity (Wildman–Crippen MR) is 80.5 cm³/mol. The van der Waals surface area contributed by atoms with Crippen LogP contribution in [0.4, 0.5) is 4.39 Å². The van der Waals surface area contributed by atoms with Crippen LogP contribution >= 0.6 is 0 Å². The van der Waals surface area contributed by atoms with Crippen molar-refractivity contribution in [1.82, 2.24) is 10.2 Å². The molecule has 1 heterocycles. The van der Waals surface area contributed by atoms with Crippen molar-refractivity contribution in [2.45, 2.75) is 31.6 Å². The summed E-state index contributed by atoms with van der Waals surface area (Å²) in [5.74, 6) is 0.433. The Morgan fingerprint density at radius 1 is 1.38 bits per heavy atom. The van der Waals surface area contributed by atoms with Gasteiger partial charge in [0.15, 0.2) is 0 Å². The Labute approximate surface area is 125 Å². The van der Waals surface area contributed by atoms with E-state index in [2.05, 4.69) is 17.1 Å². The first kappa shape index (κ1) is 14.5. The minimum atomic E-state index is -0.392. The fraction of sp³-hybridized carbons (Fsp3) is 0.588. The van der Waals surface area contributed by atoms with Crippen molar-refractivity contribution in [3.63, 3.8) is 0 Å². The third-order valence-electron chi connectivity index (χ3n) is 4.95. The molecule has 1 amide bonds. The van der Waals surface area contributed by atoms with Crippen LogP contribution in [-0.4, -0.2) is 37.0 Å². The van der Waals surface area contributed by atoms with Gasteiger partial charge in [0.05, 0.1) is 5.41 Å². The number of nitrogens with one attached hydrogen (secondary N) is 1. The van der Waals surface area contributed by atoms with E-state index in [1.807, 2.05) is 0 Å². The van der Waals surface area contributed by atoms with Crippen LogP contribution in [0.2, 0.25) is 0 Å². The van der Waals surface area contributed by atoms with Crippen molar-refractivity contribution >= 4 is 5.91 Å². The van der Waals surface area contributed by atoms with Crippen molar-refractivity contribution in [3.05, 3.63) is 35.6 Å². The molecule has 1 atom stereocenters. The molecule has 3 nitrogen and oxygen atoms in total. The predicted octanol–water partition coefficient (Wildman–Crippen LogP) is 2.32. The van der Waals surface area contributed by atoms with E-state index in [1.165, 1.54) is 12.1 Å². The number of rotatable bonds is 5. The monoisotopic (exact) mass is 290 g/mol. The summed E-state index contributed by atoms with van der Waals surface area (Å²) in [6.45, 7) is 6.25. The fourth-order valence-electron chi connectivity index (χ4n) is 3.31. The number of carbonyl (C=O) groups is 1. The lowest BCUT2D eigenvalue weighted by atomic mass is 9.94. The summed E-state index contributed by atoms with van der Waals surface area (Å²) < 4.78 is 13.0. The molecule has 1 aliphatic heterocycles. The summed E-state index contributed by atoms with van der Waals surface area (Å²) in [5, 5.41) is 3.13. The topological polar surface area (TPSA) is 32.3 Å². The van der Waals surface area contributed by atoms with Crippen molar-refractivity contribution in [1.29, 1.82) is 0 Å². The maximum Gasteiger partial charge on any atom is 0.230 e. The van der Waals surface area contributed by atoms with E-state index in [1.54, 1.807) is 12.1 Å². The molecule has 21 heavy (non-hydrogen) atoms. The molecule has 4 heteroatoms. The Kier molecular flexibility index (Phi) is 3.98. The number of halogens is 1. The summed E-state index contributed by atoms with van der Waals surface area (Å²) in [5.41, 5.74) is 0.555. The van der Waals surface area contributed by atoms with Crippen LogP contribution in [-0.2, 0) is 10.2 Å². The van der Waals surface area contributed by atoms with Gasteiger partial charge >= 0.3 is 0 Å². The Morgan fingerprint density at radius 2 is 2.10 bits per heavy atom. The Morgan fingerprint density at radius 3 is 2.67 bits per heavy atom. The molecule has 1 N–H and O–H groups in total. The summed E-state index contributed by atoms with van der Waals surface area (Å²) in [6, 6.07) is 6.38. The van der Waals surface area contributed by atoms with Crippen LogP contribution in [0, 0.1) is 11.7 Å². The largest absolute Gasteiger partial charge is 0.355 e. The van der Waals surface area contributed by atoms with Gasteiger partial charge in [-0.05, 0) is 56.0 Å². The third-order valence-corrected chi connectivity index (χ3v) is 4.95. The van der Waals surface area contributed by atoms with Crippen LogP contribution < -0.4 is 5.32 Å². The molecule has 114 valence electrons. The van der Waals surface area contributed by atoms with Gasteiger partial charge in [-0.15, -0.1) is 0 Å². The Hall–Kier alpha value is -1.42. The van der Waals surface area contributed by atoms with Crippen LogP contribution in [0.25, 0.3) is 0 Å². The maximum atomic E-state index is 13.0. The minimum absolute atomic E-state index is 0.115. The first-order chi connectivity index (χ1) is 10.1. The first-order valence-electron chi connectivity index (χ1n) is 7.91. The van der Waals surface area contributed by atoms with E-state index in [0.29, 0.717) is 5.92 Å². The van der Waals surface area contributed by atoms with Gasteiger partial charge in [0, 0.05) is 13.1 Å². The molecular weight excluding hydrogens is 267 g/mol. The lowest BCUT2D eigenvalue weighted by Crippen LogP contribution is -2.38. The summed E-state index contributed by atoms with van der Waals surface area (Å²) in [4.78, 5) is 14.9. The van der Waals surface area contributed by atoms with Gasteiger partial charge in [0.25, 0.3) is 0 Å². The van der Waals surface area contributed by atoms with Crippen molar-refractivity contribution in [2.24, 2.45) is 5.92 Å². The van der Waals surface area contributed by atoms with Crippen molar-refractivity contribution in [2.75, 3.05) is 26.2 Å². The normalized spacial score (nSPS) is 24.0. The summed E-state index contributed by atoms with van der Waals surface area (Å²) in [6.07, 6.45) is 2.91. The molecule has 0 radical (unpaired) electrons. The van der Waals surface area contributed by atoms with E-state index < -0.39 is 5.41 Å². The second-order valence-electron chi connectivity index (χ2n) is 6.35. The number of carbonyl (C=O) groups excluding carboxylic acids is 1. The SMILES string of the molecule is CCN1CCC(CNC(=O)C2(c3ccc(F)cc3)CC2)C1. The van der Waals surface area contributed by atoms with Gasteiger partial charge in [-0.2, -0.15) is 0 Å². The molecule has 1 saturated carbocycles. The van der Waals surface area contributed by atoms with Gasteiger partial charge in [0.2, 0.25) is 5.91 Å². The summed E-state index contributed by atoms with van der Waals surface area (Å²) in [7, 11) is 0. The van der Waals surface area contributed by atoms with E-state index in [-0.39, 0.29) is 11.7 Å². The van der Waals surface area contributed by atoms with Gasteiger partial charge in [-0.3, -0.25) is 4.79 Å². The highest BCUT2D eigenvalue weighted by Crippen LogP contribution is 2.48. The van der Waals surface area contributed by atoms with Gasteiger partial charge in [0.1, 0.15) is 5.82 Å². The Balaban J connectivity index is 1.57. The van der Waals surface area contributed by atoms with Gasteiger partial charge in [-0.25, -0.2) is 4.39 Å². The second-order valence-corrected chi connectivity index (χ2v) is 6.35.